The van der Waals surface area contributed by atoms with Crippen LogP contribution in [-0.2, 0) is 16.1 Å². The Morgan fingerprint density at radius 2 is 1.50 bits per heavy atom. The minimum Gasteiger partial charge on any atom is -0.496 e. The molecule has 1 aliphatic heterocycles. The number of nitrogens with zero attached hydrogens (tertiary/aromatic N) is 2. The third-order valence-corrected chi connectivity index (χ3v) is 5.72. The number of carbonyl (C=O) groups is 3. The van der Waals surface area contributed by atoms with E-state index in [0.717, 1.165) is 29.9 Å². The number of rotatable bonds is 6. The van der Waals surface area contributed by atoms with Crippen LogP contribution < -0.4 is 14.2 Å². The predicted octanol–water partition coefficient (Wildman–Crippen LogP) is 2.59. The number of amides is 1. The van der Waals surface area contributed by atoms with Crippen LogP contribution in [0.15, 0.2) is 40.9 Å². The molecular weight excluding hydrogens is 512 g/mol. The molecular formula is C23H27BrN2O8. The summed E-state index contributed by atoms with van der Waals surface area (Å²) >= 11 is 3.53. The Kier molecular flexibility index (Phi) is 10.1. The summed E-state index contributed by atoms with van der Waals surface area (Å²) in [6.07, 6.45) is 0. The zero-order valence-electron chi connectivity index (χ0n) is 19.1. The second kappa shape index (κ2) is 12.8. The van der Waals surface area contributed by atoms with Crippen molar-refractivity contribution >= 4 is 33.8 Å². The van der Waals surface area contributed by atoms with Gasteiger partial charge in [-0.15, -0.1) is 0 Å². The fourth-order valence-corrected chi connectivity index (χ4v) is 3.99. The van der Waals surface area contributed by atoms with Crippen LogP contribution in [-0.4, -0.2) is 85.4 Å². The van der Waals surface area contributed by atoms with Crippen LogP contribution in [0.3, 0.4) is 0 Å². The standard InChI is InChI=1S/C21H25BrN2O4.C2H2O4/c1-26-18-8-7-15(13-17(18)22)14-23-9-11-24(12-10-23)21(25)16-5-4-6-19(27-2)20(16)28-3;3-1(4)2(5)6/h4-8,13H,9-12,14H2,1-3H3;(H,3,4)(H,5,6). The molecule has 1 heterocycles. The third-order valence-electron chi connectivity index (χ3n) is 5.10. The molecule has 34 heavy (non-hydrogen) atoms. The van der Waals surface area contributed by atoms with Crippen molar-refractivity contribution in [3.63, 3.8) is 0 Å². The van der Waals surface area contributed by atoms with Gasteiger partial charge in [0.1, 0.15) is 5.75 Å². The number of piperazine rings is 1. The Balaban J connectivity index is 0.000000604. The Morgan fingerprint density at radius 1 is 0.882 bits per heavy atom. The number of carboxylic acid groups (broad SMARTS) is 2. The van der Waals surface area contributed by atoms with Gasteiger partial charge in [-0.1, -0.05) is 12.1 Å². The highest BCUT2D eigenvalue weighted by Gasteiger charge is 2.25. The molecule has 3 rings (SSSR count). The summed E-state index contributed by atoms with van der Waals surface area (Å²) in [6, 6.07) is 11.5. The number of carbonyl (C=O) groups excluding carboxylic acids is 1. The molecule has 1 aliphatic rings. The zero-order valence-corrected chi connectivity index (χ0v) is 20.7. The van der Waals surface area contributed by atoms with Gasteiger partial charge in [0.25, 0.3) is 5.91 Å². The van der Waals surface area contributed by atoms with E-state index < -0.39 is 11.9 Å². The molecule has 0 aliphatic carbocycles. The quantitative estimate of drug-likeness (QED) is 0.533. The number of para-hydroxylation sites is 1. The summed E-state index contributed by atoms with van der Waals surface area (Å²) in [7, 11) is 4.79. The van der Waals surface area contributed by atoms with Crippen molar-refractivity contribution in [3.05, 3.63) is 52.0 Å². The number of methoxy groups -OCH3 is 3. The fourth-order valence-electron chi connectivity index (χ4n) is 3.40. The van der Waals surface area contributed by atoms with E-state index >= 15 is 0 Å². The van der Waals surface area contributed by atoms with Crippen molar-refractivity contribution in [1.29, 1.82) is 0 Å². The number of aliphatic carboxylic acids is 2. The third kappa shape index (κ3) is 7.09. The first kappa shape index (κ1) is 26.9. The fraction of sp³-hybridized carbons (Fsp3) is 0.348. The van der Waals surface area contributed by atoms with Gasteiger partial charge in [-0.2, -0.15) is 0 Å². The highest BCUT2D eigenvalue weighted by molar-refractivity contribution is 9.10. The molecule has 2 N–H and O–H groups in total. The number of hydrogen-bond donors (Lipinski definition) is 2. The van der Waals surface area contributed by atoms with E-state index in [2.05, 4.69) is 33.0 Å². The van der Waals surface area contributed by atoms with E-state index in [1.54, 1.807) is 33.5 Å². The number of halogens is 1. The number of hydrogen-bond acceptors (Lipinski definition) is 7. The Hall–Kier alpha value is -3.31. The van der Waals surface area contributed by atoms with Crippen LogP contribution in [0.2, 0.25) is 0 Å². The number of ether oxygens (including phenoxy) is 3. The van der Waals surface area contributed by atoms with Crippen molar-refractivity contribution in [2.24, 2.45) is 0 Å². The van der Waals surface area contributed by atoms with Gasteiger partial charge in [-0.3, -0.25) is 9.69 Å². The molecule has 1 amide bonds. The molecule has 0 aromatic heterocycles. The van der Waals surface area contributed by atoms with Crippen LogP contribution in [0.5, 0.6) is 17.2 Å². The minimum absolute atomic E-state index is 0.0254. The van der Waals surface area contributed by atoms with Gasteiger partial charge in [-0.25, -0.2) is 9.59 Å². The van der Waals surface area contributed by atoms with Gasteiger partial charge in [0.15, 0.2) is 11.5 Å². The first-order valence-corrected chi connectivity index (χ1v) is 11.0. The summed E-state index contributed by atoms with van der Waals surface area (Å²) in [6.45, 7) is 3.84. The van der Waals surface area contributed by atoms with Gasteiger partial charge < -0.3 is 29.3 Å². The van der Waals surface area contributed by atoms with Gasteiger partial charge >= 0.3 is 11.9 Å². The largest absolute Gasteiger partial charge is 0.496 e. The van der Waals surface area contributed by atoms with Crippen LogP contribution in [0, 0.1) is 0 Å². The molecule has 0 atom stereocenters. The van der Waals surface area contributed by atoms with E-state index in [0.29, 0.717) is 30.2 Å². The molecule has 1 saturated heterocycles. The highest BCUT2D eigenvalue weighted by Crippen LogP contribution is 2.32. The summed E-state index contributed by atoms with van der Waals surface area (Å²) in [5, 5.41) is 14.8. The molecule has 1 fully saturated rings. The van der Waals surface area contributed by atoms with Crippen LogP contribution >= 0.6 is 15.9 Å². The van der Waals surface area contributed by atoms with Crippen molar-refractivity contribution in [3.8, 4) is 17.2 Å². The van der Waals surface area contributed by atoms with Crippen LogP contribution in [0.25, 0.3) is 0 Å². The smallest absolute Gasteiger partial charge is 0.414 e. The predicted molar refractivity (Wildman–Crippen MR) is 127 cm³/mol. The van der Waals surface area contributed by atoms with Crippen molar-refractivity contribution in [2.75, 3.05) is 47.5 Å². The lowest BCUT2D eigenvalue weighted by molar-refractivity contribution is -0.159. The SMILES string of the molecule is COc1ccc(CN2CCN(C(=O)c3cccc(OC)c3OC)CC2)cc1Br.O=C(O)C(=O)O. The molecule has 0 unspecified atom stereocenters. The second-order valence-electron chi connectivity index (χ2n) is 7.19. The minimum atomic E-state index is -1.82. The summed E-state index contributed by atoms with van der Waals surface area (Å²) < 4.78 is 17.0. The molecule has 0 saturated carbocycles. The lowest BCUT2D eigenvalue weighted by Crippen LogP contribution is -2.48. The summed E-state index contributed by atoms with van der Waals surface area (Å²) in [4.78, 5) is 35.4. The number of carboxylic acids is 2. The maximum Gasteiger partial charge on any atom is 0.414 e. The van der Waals surface area contributed by atoms with Crippen molar-refractivity contribution in [2.45, 2.75) is 6.54 Å². The molecule has 10 nitrogen and oxygen atoms in total. The second-order valence-corrected chi connectivity index (χ2v) is 8.04. The van der Waals surface area contributed by atoms with Gasteiger partial charge in [0.2, 0.25) is 0 Å². The normalized spacial score (nSPS) is 13.4. The molecule has 2 aromatic carbocycles. The maximum atomic E-state index is 13.0. The van der Waals surface area contributed by atoms with Gasteiger partial charge in [0, 0.05) is 32.7 Å². The van der Waals surface area contributed by atoms with E-state index in [-0.39, 0.29) is 5.91 Å². The van der Waals surface area contributed by atoms with Crippen LogP contribution in [0.4, 0.5) is 0 Å². The Labute approximate surface area is 205 Å². The van der Waals surface area contributed by atoms with E-state index in [4.69, 9.17) is 34.0 Å². The summed E-state index contributed by atoms with van der Waals surface area (Å²) in [5.74, 6) is -1.79. The average Bonchev–Trinajstić information content (AvgIpc) is 2.84. The Bertz CT molecular complexity index is 1010. The topological polar surface area (TPSA) is 126 Å². The summed E-state index contributed by atoms with van der Waals surface area (Å²) in [5.41, 5.74) is 1.75. The van der Waals surface area contributed by atoms with E-state index in [1.807, 2.05) is 17.0 Å². The molecule has 2 aromatic rings. The lowest BCUT2D eigenvalue weighted by atomic mass is 10.1. The lowest BCUT2D eigenvalue weighted by Gasteiger charge is -2.35. The van der Waals surface area contributed by atoms with Gasteiger partial charge in [-0.05, 0) is 45.8 Å². The van der Waals surface area contributed by atoms with E-state index in [9.17, 15) is 4.79 Å². The molecule has 0 bridgehead atoms. The first-order chi connectivity index (χ1) is 16.2. The van der Waals surface area contributed by atoms with Crippen molar-refractivity contribution < 1.29 is 38.8 Å². The average molecular weight is 539 g/mol. The van der Waals surface area contributed by atoms with Crippen LogP contribution in [0.1, 0.15) is 15.9 Å². The zero-order chi connectivity index (χ0) is 25.3. The Morgan fingerprint density at radius 3 is 2.00 bits per heavy atom. The monoisotopic (exact) mass is 538 g/mol. The maximum absolute atomic E-state index is 13.0. The highest BCUT2D eigenvalue weighted by atomic mass is 79.9. The first-order valence-electron chi connectivity index (χ1n) is 10.2. The molecule has 184 valence electrons. The molecule has 0 radical (unpaired) electrons. The van der Waals surface area contributed by atoms with Gasteiger partial charge in [0.05, 0.1) is 31.4 Å². The molecule has 11 heteroatoms. The molecule has 0 spiro atoms. The van der Waals surface area contributed by atoms with Crippen molar-refractivity contribution in [1.82, 2.24) is 9.80 Å². The van der Waals surface area contributed by atoms with E-state index in [1.165, 1.54) is 5.56 Å². The number of benzene rings is 2.